The number of pyridine rings is 1. The highest BCUT2D eigenvalue weighted by Crippen LogP contribution is 2.12. The average molecular weight is 234 g/mol. The lowest BCUT2D eigenvalue weighted by Gasteiger charge is -2.26. The van der Waals surface area contributed by atoms with E-state index in [1.807, 2.05) is 11.0 Å². The second-order valence-electron chi connectivity index (χ2n) is 4.34. The van der Waals surface area contributed by atoms with Crippen molar-refractivity contribution < 1.29 is 9.53 Å². The Bertz CT molecular complexity index is 370. The lowest BCUT2D eigenvalue weighted by atomic mass is 10.1. The molecule has 17 heavy (non-hydrogen) atoms. The Hall–Kier alpha value is -1.42. The highest BCUT2D eigenvalue weighted by atomic mass is 16.5. The van der Waals surface area contributed by atoms with Gasteiger partial charge in [0, 0.05) is 26.4 Å². The Morgan fingerprint density at radius 3 is 2.71 bits per heavy atom. The summed E-state index contributed by atoms with van der Waals surface area (Å²) in [6.07, 6.45) is 5.14. The smallest absolute Gasteiger partial charge is 0.272 e. The number of amides is 1. The van der Waals surface area contributed by atoms with E-state index in [0.717, 1.165) is 31.5 Å². The van der Waals surface area contributed by atoms with Crippen LogP contribution in [0.1, 0.15) is 35.3 Å². The fourth-order valence-corrected chi connectivity index (χ4v) is 2.06. The summed E-state index contributed by atoms with van der Waals surface area (Å²) < 4.78 is 5.01. The van der Waals surface area contributed by atoms with Gasteiger partial charge in [0.25, 0.3) is 5.91 Å². The van der Waals surface area contributed by atoms with Crippen molar-refractivity contribution in [3.05, 3.63) is 29.6 Å². The first kappa shape index (κ1) is 12.0. The number of aromatic nitrogens is 1. The Labute approximate surface area is 102 Å². The number of hydrogen-bond acceptors (Lipinski definition) is 3. The summed E-state index contributed by atoms with van der Waals surface area (Å²) in [5.74, 6) is 0.0497. The van der Waals surface area contributed by atoms with Gasteiger partial charge in [0.05, 0.1) is 6.61 Å². The molecular weight excluding hydrogens is 216 g/mol. The minimum absolute atomic E-state index is 0.0497. The molecule has 0 aromatic carbocycles. The van der Waals surface area contributed by atoms with Crippen molar-refractivity contribution in [3.8, 4) is 0 Å². The van der Waals surface area contributed by atoms with Gasteiger partial charge in [-0.2, -0.15) is 0 Å². The van der Waals surface area contributed by atoms with Crippen molar-refractivity contribution in [2.24, 2.45) is 0 Å². The predicted molar refractivity (Wildman–Crippen MR) is 64.7 cm³/mol. The third kappa shape index (κ3) is 3.03. The van der Waals surface area contributed by atoms with Gasteiger partial charge in [-0.25, -0.2) is 0 Å². The van der Waals surface area contributed by atoms with Crippen LogP contribution in [0.4, 0.5) is 0 Å². The molecule has 1 fully saturated rings. The van der Waals surface area contributed by atoms with Gasteiger partial charge >= 0.3 is 0 Å². The molecule has 0 atom stereocenters. The van der Waals surface area contributed by atoms with Crippen LogP contribution in [0.2, 0.25) is 0 Å². The molecule has 1 saturated heterocycles. The van der Waals surface area contributed by atoms with E-state index in [4.69, 9.17) is 4.74 Å². The van der Waals surface area contributed by atoms with Crippen LogP contribution >= 0.6 is 0 Å². The van der Waals surface area contributed by atoms with Crippen molar-refractivity contribution in [1.82, 2.24) is 9.88 Å². The van der Waals surface area contributed by atoms with E-state index in [1.165, 1.54) is 6.42 Å². The molecule has 1 aromatic rings. The summed E-state index contributed by atoms with van der Waals surface area (Å²) in [7, 11) is 1.65. The van der Waals surface area contributed by atoms with E-state index in [9.17, 15) is 4.79 Å². The van der Waals surface area contributed by atoms with E-state index < -0.39 is 0 Å². The van der Waals surface area contributed by atoms with Gasteiger partial charge in [0.15, 0.2) is 0 Å². The number of ether oxygens (including phenoxy) is 1. The fraction of sp³-hybridized carbons (Fsp3) is 0.538. The van der Waals surface area contributed by atoms with Gasteiger partial charge in [-0.05, 0) is 30.9 Å². The third-order valence-corrected chi connectivity index (χ3v) is 3.00. The number of hydrogen-bond donors (Lipinski definition) is 0. The van der Waals surface area contributed by atoms with Gasteiger partial charge in [-0.15, -0.1) is 0 Å². The molecule has 0 N–H and O–H groups in total. The summed E-state index contributed by atoms with van der Waals surface area (Å²) in [4.78, 5) is 18.2. The summed E-state index contributed by atoms with van der Waals surface area (Å²) in [6, 6.07) is 3.68. The van der Waals surface area contributed by atoms with Gasteiger partial charge < -0.3 is 9.64 Å². The molecule has 0 radical (unpaired) electrons. The summed E-state index contributed by atoms with van der Waals surface area (Å²) >= 11 is 0. The molecule has 0 bridgehead atoms. The predicted octanol–water partition coefficient (Wildman–Crippen LogP) is 1.85. The molecular formula is C13H18N2O2. The summed E-state index contributed by atoms with van der Waals surface area (Å²) in [5, 5.41) is 0. The van der Waals surface area contributed by atoms with E-state index in [2.05, 4.69) is 4.98 Å². The molecule has 1 aromatic heterocycles. The molecule has 0 unspecified atom stereocenters. The zero-order valence-corrected chi connectivity index (χ0v) is 10.2. The second kappa shape index (κ2) is 5.77. The van der Waals surface area contributed by atoms with Crippen LogP contribution in [0.15, 0.2) is 18.3 Å². The molecule has 4 heteroatoms. The van der Waals surface area contributed by atoms with Crippen molar-refractivity contribution in [2.45, 2.75) is 25.9 Å². The molecule has 0 spiro atoms. The van der Waals surface area contributed by atoms with E-state index in [1.54, 1.807) is 19.4 Å². The number of carbonyl (C=O) groups is 1. The van der Waals surface area contributed by atoms with E-state index >= 15 is 0 Å². The maximum atomic E-state index is 12.1. The Kier molecular flexibility index (Phi) is 4.09. The zero-order valence-electron chi connectivity index (χ0n) is 10.2. The quantitative estimate of drug-likeness (QED) is 0.801. The summed E-state index contributed by atoms with van der Waals surface area (Å²) in [5.41, 5.74) is 1.52. The fourth-order valence-electron chi connectivity index (χ4n) is 2.06. The normalized spacial score (nSPS) is 15.9. The van der Waals surface area contributed by atoms with Gasteiger partial charge in [-0.3, -0.25) is 9.78 Å². The van der Waals surface area contributed by atoms with Crippen LogP contribution < -0.4 is 0 Å². The van der Waals surface area contributed by atoms with Crippen molar-refractivity contribution in [3.63, 3.8) is 0 Å². The van der Waals surface area contributed by atoms with Crippen molar-refractivity contribution in [1.29, 1.82) is 0 Å². The highest BCUT2D eigenvalue weighted by molar-refractivity contribution is 5.92. The van der Waals surface area contributed by atoms with Crippen LogP contribution in [0.3, 0.4) is 0 Å². The molecule has 92 valence electrons. The number of likely N-dealkylation sites (tertiary alicyclic amines) is 1. The number of carbonyl (C=O) groups excluding carboxylic acids is 1. The van der Waals surface area contributed by atoms with Gasteiger partial charge in [-0.1, -0.05) is 6.07 Å². The molecule has 1 aliphatic heterocycles. The first-order valence-corrected chi connectivity index (χ1v) is 6.04. The Morgan fingerprint density at radius 1 is 1.35 bits per heavy atom. The van der Waals surface area contributed by atoms with E-state index in [-0.39, 0.29) is 5.91 Å². The van der Waals surface area contributed by atoms with Gasteiger partial charge in [0.2, 0.25) is 0 Å². The minimum atomic E-state index is 0.0497. The number of piperidine rings is 1. The largest absolute Gasteiger partial charge is 0.380 e. The Morgan fingerprint density at radius 2 is 2.12 bits per heavy atom. The monoisotopic (exact) mass is 234 g/mol. The average Bonchev–Trinajstić information content (AvgIpc) is 2.40. The number of rotatable bonds is 3. The molecule has 1 amide bonds. The lowest BCUT2D eigenvalue weighted by Crippen LogP contribution is -2.36. The zero-order chi connectivity index (χ0) is 12.1. The molecule has 1 aliphatic rings. The first-order chi connectivity index (χ1) is 8.31. The lowest BCUT2D eigenvalue weighted by molar-refractivity contribution is 0.0718. The van der Waals surface area contributed by atoms with Crippen LogP contribution in [-0.2, 0) is 11.3 Å². The third-order valence-electron chi connectivity index (χ3n) is 3.00. The van der Waals surface area contributed by atoms with Crippen LogP contribution in [0.25, 0.3) is 0 Å². The SMILES string of the molecule is COCc1ccc(C(=O)N2CCCCC2)nc1. The maximum Gasteiger partial charge on any atom is 0.272 e. The molecule has 4 nitrogen and oxygen atoms in total. The Balaban J connectivity index is 2.03. The molecule has 2 heterocycles. The van der Waals surface area contributed by atoms with Crippen LogP contribution in [0.5, 0.6) is 0 Å². The van der Waals surface area contributed by atoms with E-state index in [0.29, 0.717) is 12.3 Å². The van der Waals surface area contributed by atoms with Crippen molar-refractivity contribution >= 4 is 5.91 Å². The number of methoxy groups -OCH3 is 1. The maximum absolute atomic E-state index is 12.1. The van der Waals surface area contributed by atoms with Crippen LogP contribution in [0, 0.1) is 0 Å². The standard InChI is InChI=1S/C13H18N2O2/c1-17-10-11-5-6-12(14-9-11)13(16)15-7-3-2-4-8-15/h5-6,9H,2-4,7-8,10H2,1H3. The number of nitrogens with zero attached hydrogens (tertiary/aromatic N) is 2. The van der Waals surface area contributed by atoms with Gasteiger partial charge in [0.1, 0.15) is 5.69 Å². The molecule has 0 saturated carbocycles. The molecule has 0 aliphatic carbocycles. The minimum Gasteiger partial charge on any atom is -0.380 e. The topological polar surface area (TPSA) is 42.4 Å². The second-order valence-corrected chi connectivity index (χ2v) is 4.34. The highest BCUT2D eigenvalue weighted by Gasteiger charge is 2.18. The molecule has 2 rings (SSSR count). The van der Waals surface area contributed by atoms with Crippen LogP contribution in [-0.4, -0.2) is 36.0 Å². The van der Waals surface area contributed by atoms with Crippen molar-refractivity contribution in [2.75, 3.05) is 20.2 Å². The first-order valence-electron chi connectivity index (χ1n) is 6.04. The summed E-state index contributed by atoms with van der Waals surface area (Å²) in [6.45, 7) is 2.26.